The minimum atomic E-state index is -0.154. The van der Waals surface area contributed by atoms with Crippen LogP contribution in [0.1, 0.15) is 0 Å². The van der Waals surface area contributed by atoms with E-state index < -0.39 is 0 Å². The molecule has 0 aliphatic heterocycles. The molecule has 0 saturated heterocycles. The molecule has 2 rings (SSSR count). The lowest BCUT2D eigenvalue weighted by Gasteiger charge is -2.20. The third kappa shape index (κ3) is 4.28. The first-order valence-corrected chi connectivity index (χ1v) is 7.03. The van der Waals surface area contributed by atoms with Gasteiger partial charge in [-0.2, -0.15) is 0 Å². The van der Waals surface area contributed by atoms with E-state index in [1.54, 1.807) is 54.4 Å². The minimum absolute atomic E-state index is 0.154. The molecule has 0 bridgehead atoms. The van der Waals surface area contributed by atoms with E-state index in [4.69, 9.17) is 28.9 Å². The van der Waals surface area contributed by atoms with E-state index >= 15 is 0 Å². The lowest BCUT2D eigenvalue weighted by molar-refractivity contribution is -0.114. The van der Waals surface area contributed by atoms with Crippen LogP contribution in [0, 0.1) is 0 Å². The Morgan fingerprint density at radius 3 is 2.43 bits per heavy atom. The molecule has 0 heterocycles. The fourth-order valence-electron chi connectivity index (χ4n) is 1.88. The van der Waals surface area contributed by atoms with E-state index in [0.29, 0.717) is 27.1 Å². The van der Waals surface area contributed by atoms with Gasteiger partial charge in [0.25, 0.3) is 0 Å². The zero-order valence-electron chi connectivity index (χ0n) is 11.4. The van der Waals surface area contributed by atoms with Crippen LogP contribution in [0.15, 0.2) is 42.5 Å². The van der Waals surface area contributed by atoms with Crippen LogP contribution in [0.25, 0.3) is 0 Å². The highest BCUT2D eigenvalue weighted by atomic mass is 35.5. The van der Waals surface area contributed by atoms with Gasteiger partial charge >= 0.3 is 0 Å². The van der Waals surface area contributed by atoms with Gasteiger partial charge in [-0.3, -0.25) is 4.79 Å². The summed E-state index contributed by atoms with van der Waals surface area (Å²) in [4.78, 5) is 13.8. The molecule has 0 aliphatic rings. The summed E-state index contributed by atoms with van der Waals surface area (Å²) in [6, 6.07) is 12.1. The summed E-state index contributed by atoms with van der Waals surface area (Å²) in [6.07, 6.45) is 0. The fraction of sp³-hybridized carbons (Fsp3) is 0.133. The number of likely N-dealkylation sites (N-methyl/N-ethyl adjacent to an activating group) is 1. The summed E-state index contributed by atoms with van der Waals surface area (Å²) in [6.45, 7) is 0.160. The first-order chi connectivity index (χ1) is 9.95. The van der Waals surface area contributed by atoms with Crippen LogP contribution in [-0.4, -0.2) is 19.5 Å². The number of benzene rings is 2. The summed E-state index contributed by atoms with van der Waals surface area (Å²) < 4.78 is 0. The summed E-state index contributed by atoms with van der Waals surface area (Å²) in [5.41, 5.74) is 7.87. The molecule has 0 unspecified atom stereocenters. The normalized spacial score (nSPS) is 10.2. The number of carbonyl (C=O) groups excluding carboxylic acids is 1. The Morgan fingerprint density at radius 2 is 1.76 bits per heavy atom. The lowest BCUT2D eigenvalue weighted by Crippen LogP contribution is -2.30. The monoisotopic (exact) mass is 323 g/mol. The van der Waals surface area contributed by atoms with Crippen molar-refractivity contribution < 1.29 is 4.79 Å². The van der Waals surface area contributed by atoms with Crippen molar-refractivity contribution in [1.82, 2.24) is 0 Å². The summed E-state index contributed by atoms with van der Waals surface area (Å²) in [5, 5.41) is 3.99. The number of nitrogens with two attached hydrogens (primary N) is 1. The van der Waals surface area contributed by atoms with E-state index in [2.05, 4.69) is 5.32 Å². The predicted octanol–water partition coefficient (Wildman–Crippen LogP) is 3.65. The molecular formula is C15H15Cl2N3O. The van der Waals surface area contributed by atoms with Gasteiger partial charge in [-0.05, 0) is 42.5 Å². The SMILES string of the molecule is CN(CC(=O)Nc1ccc(Cl)cc1)c1cc(Cl)ccc1N. The quantitative estimate of drug-likeness (QED) is 0.844. The number of carbonyl (C=O) groups is 1. The van der Waals surface area contributed by atoms with E-state index in [-0.39, 0.29) is 12.5 Å². The van der Waals surface area contributed by atoms with Gasteiger partial charge in [-0.1, -0.05) is 23.2 Å². The molecule has 21 heavy (non-hydrogen) atoms. The number of nitrogens with zero attached hydrogens (tertiary/aromatic N) is 1. The maximum atomic E-state index is 12.0. The number of amides is 1. The zero-order chi connectivity index (χ0) is 15.4. The molecule has 0 saturated carbocycles. The number of anilines is 3. The van der Waals surface area contributed by atoms with E-state index in [0.717, 1.165) is 0 Å². The smallest absolute Gasteiger partial charge is 0.243 e. The fourth-order valence-corrected chi connectivity index (χ4v) is 2.17. The number of rotatable bonds is 4. The van der Waals surface area contributed by atoms with Gasteiger partial charge in [0.2, 0.25) is 5.91 Å². The molecule has 3 N–H and O–H groups in total. The first kappa shape index (κ1) is 15.5. The van der Waals surface area contributed by atoms with E-state index in [1.807, 2.05) is 0 Å². The van der Waals surface area contributed by atoms with Crippen molar-refractivity contribution in [2.45, 2.75) is 0 Å². The van der Waals surface area contributed by atoms with Crippen LogP contribution in [0.5, 0.6) is 0 Å². The molecule has 0 spiro atoms. The van der Waals surface area contributed by atoms with Crippen LogP contribution in [0.3, 0.4) is 0 Å². The molecule has 2 aromatic carbocycles. The highest BCUT2D eigenvalue weighted by Gasteiger charge is 2.11. The van der Waals surface area contributed by atoms with Gasteiger partial charge in [-0.15, -0.1) is 0 Å². The Balaban J connectivity index is 2.01. The number of halogens is 2. The van der Waals surface area contributed by atoms with Gasteiger partial charge in [0.15, 0.2) is 0 Å². The van der Waals surface area contributed by atoms with Crippen molar-refractivity contribution in [2.24, 2.45) is 0 Å². The molecule has 0 aliphatic carbocycles. The van der Waals surface area contributed by atoms with Gasteiger partial charge in [0, 0.05) is 22.8 Å². The van der Waals surface area contributed by atoms with Crippen molar-refractivity contribution >= 4 is 46.2 Å². The van der Waals surface area contributed by atoms with Crippen molar-refractivity contribution in [2.75, 3.05) is 29.5 Å². The van der Waals surface area contributed by atoms with Crippen LogP contribution >= 0.6 is 23.2 Å². The average molecular weight is 324 g/mol. The average Bonchev–Trinajstić information content (AvgIpc) is 2.44. The van der Waals surface area contributed by atoms with Crippen molar-refractivity contribution in [3.05, 3.63) is 52.5 Å². The predicted molar refractivity (Wildman–Crippen MR) is 89.2 cm³/mol. The molecule has 0 fully saturated rings. The van der Waals surface area contributed by atoms with Gasteiger partial charge < -0.3 is 16.0 Å². The second-order valence-corrected chi connectivity index (χ2v) is 5.49. The number of hydrogen-bond acceptors (Lipinski definition) is 3. The van der Waals surface area contributed by atoms with Crippen molar-refractivity contribution in [3.8, 4) is 0 Å². The molecule has 1 amide bonds. The Labute approximate surface area is 133 Å². The molecule has 2 aromatic rings. The molecular weight excluding hydrogens is 309 g/mol. The van der Waals surface area contributed by atoms with Crippen LogP contribution in [-0.2, 0) is 4.79 Å². The summed E-state index contributed by atoms with van der Waals surface area (Å²) >= 11 is 11.7. The Morgan fingerprint density at radius 1 is 1.14 bits per heavy atom. The third-order valence-electron chi connectivity index (χ3n) is 2.91. The Bertz CT molecular complexity index is 644. The van der Waals surface area contributed by atoms with Crippen molar-refractivity contribution in [3.63, 3.8) is 0 Å². The van der Waals surface area contributed by atoms with Gasteiger partial charge in [0.1, 0.15) is 0 Å². The number of nitrogen functional groups attached to an aromatic ring is 1. The Hall–Kier alpha value is -1.91. The lowest BCUT2D eigenvalue weighted by atomic mass is 10.2. The van der Waals surface area contributed by atoms with Gasteiger partial charge in [-0.25, -0.2) is 0 Å². The molecule has 110 valence electrons. The maximum Gasteiger partial charge on any atom is 0.243 e. The topological polar surface area (TPSA) is 58.4 Å². The molecule has 0 radical (unpaired) electrons. The largest absolute Gasteiger partial charge is 0.397 e. The number of hydrogen-bond donors (Lipinski definition) is 2. The second-order valence-electron chi connectivity index (χ2n) is 4.61. The highest BCUT2D eigenvalue weighted by molar-refractivity contribution is 6.31. The van der Waals surface area contributed by atoms with E-state index in [1.165, 1.54) is 0 Å². The van der Waals surface area contributed by atoms with Crippen LogP contribution in [0.2, 0.25) is 10.0 Å². The summed E-state index contributed by atoms with van der Waals surface area (Å²) in [7, 11) is 1.78. The van der Waals surface area contributed by atoms with E-state index in [9.17, 15) is 4.79 Å². The molecule has 4 nitrogen and oxygen atoms in total. The minimum Gasteiger partial charge on any atom is -0.397 e. The maximum absolute atomic E-state index is 12.0. The zero-order valence-corrected chi connectivity index (χ0v) is 12.9. The Kier molecular flexibility index (Phi) is 4.94. The standard InChI is InChI=1S/C15H15Cl2N3O/c1-20(14-8-11(17)4-7-13(14)18)9-15(21)19-12-5-2-10(16)3-6-12/h2-8H,9,18H2,1H3,(H,19,21). The summed E-state index contributed by atoms with van der Waals surface area (Å²) in [5.74, 6) is -0.154. The number of nitrogens with one attached hydrogen (secondary N) is 1. The van der Waals surface area contributed by atoms with Crippen LogP contribution in [0.4, 0.5) is 17.1 Å². The highest BCUT2D eigenvalue weighted by Crippen LogP contribution is 2.25. The van der Waals surface area contributed by atoms with Crippen molar-refractivity contribution in [1.29, 1.82) is 0 Å². The van der Waals surface area contributed by atoms with Gasteiger partial charge in [0.05, 0.1) is 17.9 Å². The van der Waals surface area contributed by atoms with Crippen LogP contribution < -0.4 is 16.0 Å². The second kappa shape index (κ2) is 6.70. The first-order valence-electron chi connectivity index (χ1n) is 6.27. The third-order valence-corrected chi connectivity index (χ3v) is 3.40. The molecule has 0 aromatic heterocycles. The molecule has 0 atom stereocenters. The molecule has 6 heteroatoms.